The van der Waals surface area contributed by atoms with E-state index in [4.69, 9.17) is 9.15 Å². The van der Waals surface area contributed by atoms with Gasteiger partial charge in [-0.15, -0.1) is 0 Å². The Labute approximate surface area is 139 Å². The lowest BCUT2D eigenvalue weighted by Gasteiger charge is -2.36. The van der Waals surface area contributed by atoms with Gasteiger partial charge in [-0.1, -0.05) is 0 Å². The minimum absolute atomic E-state index is 0.0667. The second kappa shape index (κ2) is 6.94. The van der Waals surface area contributed by atoms with Crippen LogP contribution in [0.1, 0.15) is 23.4 Å². The third kappa shape index (κ3) is 3.08. The van der Waals surface area contributed by atoms with Crippen LogP contribution in [0.2, 0.25) is 0 Å². The minimum Gasteiger partial charge on any atom is -0.459 e. The van der Waals surface area contributed by atoms with Crippen molar-refractivity contribution in [2.75, 3.05) is 39.8 Å². The van der Waals surface area contributed by atoms with Crippen molar-refractivity contribution in [3.8, 4) is 0 Å². The van der Waals surface area contributed by atoms with Crippen molar-refractivity contribution in [2.45, 2.75) is 18.9 Å². The predicted octanol–water partition coefficient (Wildman–Crippen LogP) is 0.795. The number of hydrogen-bond acceptors (Lipinski definition) is 5. The second-order valence-electron chi connectivity index (χ2n) is 5.92. The number of likely N-dealkylation sites (tertiary alicyclic amines) is 1. The van der Waals surface area contributed by atoms with Gasteiger partial charge in [-0.2, -0.15) is 0 Å². The lowest BCUT2D eigenvalue weighted by molar-refractivity contribution is -0.137. The second-order valence-corrected chi connectivity index (χ2v) is 5.92. The number of amides is 3. The summed E-state index contributed by atoms with van der Waals surface area (Å²) in [6.45, 7) is 2.36. The van der Waals surface area contributed by atoms with Gasteiger partial charge in [0, 0.05) is 32.7 Å². The van der Waals surface area contributed by atoms with E-state index in [0.29, 0.717) is 44.9 Å². The molecule has 1 aromatic heterocycles. The van der Waals surface area contributed by atoms with Gasteiger partial charge in [0.15, 0.2) is 5.76 Å². The van der Waals surface area contributed by atoms with Gasteiger partial charge >= 0.3 is 6.09 Å². The van der Waals surface area contributed by atoms with Crippen molar-refractivity contribution in [1.29, 1.82) is 0 Å². The van der Waals surface area contributed by atoms with Crippen molar-refractivity contribution in [3.05, 3.63) is 24.2 Å². The number of piperazine rings is 1. The first-order valence-electron chi connectivity index (χ1n) is 8.08. The summed E-state index contributed by atoms with van der Waals surface area (Å²) in [5.74, 6) is 0.0783. The Morgan fingerprint density at radius 2 is 1.83 bits per heavy atom. The monoisotopic (exact) mass is 335 g/mol. The molecule has 0 radical (unpaired) electrons. The lowest BCUT2D eigenvalue weighted by atomic mass is 10.1. The van der Waals surface area contributed by atoms with Gasteiger partial charge in [-0.3, -0.25) is 14.5 Å². The molecule has 0 saturated carbocycles. The largest absolute Gasteiger partial charge is 0.459 e. The summed E-state index contributed by atoms with van der Waals surface area (Å²) in [6.07, 6.45) is 2.45. The predicted molar refractivity (Wildman–Crippen MR) is 83.3 cm³/mol. The zero-order valence-corrected chi connectivity index (χ0v) is 13.6. The average molecular weight is 335 g/mol. The zero-order chi connectivity index (χ0) is 17.1. The molecule has 130 valence electrons. The molecule has 3 heterocycles. The van der Waals surface area contributed by atoms with Crippen LogP contribution in [0.25, 0.3) is 0 Å². The van der Waals surface area contributed by atoms with Crippen molar-refractivity contribution >= 4 is 17.9 Å². The molecule has 3 rings (SSSR count). The van der Waals surface area contributed by atoms with Crippen LogP contribution in [0, 0.1) is 0 Å². The standard InChI is InChI=1S/C16H21N3O5/c1-23-16(22)19-6-2-4-12(19)14(20)17-7-9-18(10-8-17)15(21)13-5-3-11-24-13/h3,5,11-12H,2,4,6-10H2,1H3. The highest BCUT2D eigenvalue weighted by atomic mass is 16.5. The Bertz CT molecular complexity index is 607. The first-order chi connectivity index (χ1) is 11.6. The molecular formula is C16H21N3O5. The number of ether oxygens (including phenoxy) is 1. The first kappa shape index (κ1) is 16.4. The number of rotatable bonds is 2. The van der Waals surface area contributed by atoms with E-state index in [0.717, 1.165) is 6.42 Å². The average Bonchev–Trinajstić information content (AvgIpc) is 3.31. The number of nitrogens with zero attached hydrogens (tertiary/aromatic N) is 3. The molecule has 1 atom stereocenters. The fourth-order valence-electron chi connectivity index (χ4n) is 3.26. The number of carbonyl (C=O) groups is 3. The smallest absolute Gasteiger partial charge is 0.410 e. The van der Waals surface area contributed by atoms with Crippen molar-refractivity contribution in [2.24, 2.45) is 0 Å². The van der Waals surface area contributed by atoms with E-state index in [9.17, 15) is 14.4 Å². The van der Waals surface area contributed by atoms with Crippen LogP contribution < -0.4 is 0 Å². The highest BCUT2D eigenvalue weighted by Crippen LogP contribution is 2.21. The quantitative estimate of drug-likeness (QED) is 0.798. The van der Waals surface area contributed by atoms with E-state index >= 15 is 0 Å². The third-order valence-electron chi connectivity index (χ3n) is 4.56. The highest BCUT2D eigenvalue weighted by Gasteiger charge is 2.38. The molecule has 0 aliphatic carbocycles. The number of hydrogen-bond donors (Lipinski definition) is 0. The Morgan fingerprint density at radius 1 is 1.12 bits per heavy atom. The van der Waals surface area contributed by atoms with Gasteiger partial charge in [0.05, 0.1) is 13.4 Å². The van der Waals surface area contributed by atoms with Gasteiger partial charge in [0.1, 0.15) is 6.04 Å². The molecule has 0 N–H and O–H groups in total. The molecule has 2 aliphatic heterocycles. The number of carbonyl (C=O) groups excluding carboxylic acids is 3. The van der Waals surface area contributed by atoms with Crippen molar-refractivity contribution < 1.29 is 23.5 Å². The number of methoxy groups -OCH3 is 1. The molecule has 1 unspecified atom stereocenters. The van der Waals surface area contributed by atoms with Crippen LogP contribution >= 0.6 is 0 Å². The topological polar surface area (TPSA) is 83.3 Å². The van der Waals surface area contributed by atoms with Gasteiger partial charge in [0.25, 0.3) is 5.91 Å². The molecular weight excluding hydrogens is 314 g/mol. The van der Waals surface area contributed by atoms with Crippen LogP contribution in [-0.2, 0) is 9.53 Å². The molecule has 1 aromatic rings. The van der Waals surface area contributed by atoms with E-state index in [-0.39, 0.29) is 11.8 Å². The van der Waals surface area contributed by atoms with Crippen molar-refractivity contribution in [3.63, 3.8) is 0 Å². The van der Waals surface area contributed by atoms with Crippen LogP contribution in [0.4, 0.5) is 4.79 Å². The molecule has 0 spiro atoms. The summed E-state index contributed by atoms with van der Waals surface area (Å²) in [5.41, 5.74) is 0. The lowest BCUT2D eigenvalue weighted by Crippen LogP contribution is -2.55. The van der Waals surface area contributed by atoms with E-state index in [1.54, 1.807) is 21.9 Å². The Balaban J connectivity index is 1.57. The van der Waals surface area contributed by atoms with Crippen LogP contribution in [-0.4, -0.2) is 78.5 Å². The molecule has 0 bridgehead atoms. The van der Waals surface area contributed by atoms with E-state index < -0.39 is 12.1 Å². The van der Waals surface area contributed by atoms with E-state index in [2.05, 4.69) is 0 Å². The summed E-state index contributed by atoms with van der Waals surface area (Å²) in [4.78, 5) is 41.6. The fourth-order valence-corrected chi connectivity index (χ4v) is 3.26. The maximum Gasteiger partial charge on any atom is 0.410 e. The molecule has 3 amide bonds. The Kier molecular flexibility index (Phi) is 4.73. The fraction of sp³-hybridized carbons (Fsp3) is 0.562. The van der Waals surface area contributed by atoms with Crippen molar-refractivity contribution in [1.82, 2.24) is 14.7 Å². The summed E-state index contributed by atoms with van der Waals surface area (Å²) < 4.78 is 9.87. The third-order valence-corrected chi connectivity index (χ3v) is 4.56. The molecule has 2 aliphatic rings. The molecule has 8 heteroatoms. The van der Waals surface area contributed by atoms with Gasteiger partial charge in [0.2, 0.25) is 5.91 Å². The van der Waals surface area contributed by atoms with E-state index in [1.807, 2.05) is 0 Å². The summed E-state index contributed by atoms with van der Waals surface area (Å²) in [5, 5.41) is 0. The van der Waals surface area contributed by atoms with Crippen LogP contribution in [0.15, 0.2) is 22.8 Å². The Morgan fingerprint density at radius 3 is 2.46 bits per heavy atom. The van der Waals surface area contributed by atoms with E-state index in [1.165, 1.54) is 18.3 Å². The zero-order valence-electron chi connectivity index (χ0n) is 13.6. The Hall–Kier alpha value is -2.51. The molecule has 8 nitrogen and oxygen atoms in total. The molecule has 24 heavy (non-hydrogen) atoms. The normalized spacial score (nSPS) is 21.0. The molecule has 0 aromatic carbocycles. The SMILES string of the molecule is COC(=O)N1CCCC1C(=O)N1CCN(C(=O)c2ccco2)CC1. The van der Waals surface area contributed by atoms with Crippen LogP contribution in [0.5, 0.6) is 0 Å². The maximum absolute atomic E-state index is 12.7. The van der Waals surface area contributed by atoms with Crippen LogP contribution in [0.3, 0.4) is 0 Å². The first-order valence-corrected chi connectivity index (χ1v) is 8.08. The van der Waals surface area contributed by atoms with Gasteiger partial charge < -0.3 is 19.0 Å². The summed E-state index contributed by atoms with van der Waals surface area (Å²) in [6, 6.07) is 2.85. The van der Waals surface area contributed by atoms with Gasteiger partial charge in [-0.05, 0) is 25.0 Å². The molecule has 2 saturated heterocycles. The van der Waals surface area contributed by atoms with Gasteiger partial charge in [-0.25, -0.2) is 4.79 Å². The maximum atomic E-state index is 12.7. The molecule has 2 fully saturated rings. The summed E-state index contributed by atoms with van der Waals surface area (Å²) in [7, 11) is 1.32. The summed E-state index contributed by atoms with van der Waals surface area (Å²) >= 11 is 0. The highest BCUT2D eigenvalue weighted by molar-refractivity contribution is 5.92. The number of furan rings is 1. The minimum atomic E-state index is -0.461.